The molecule has 0 radical (unpaired) electrons. The Morgan fingerprint density at radius 2 is 1.88 bits per heavy atom. The number of amides is 1. The molecule has 0 bridgehead atoms. The first kappa shape index (κ1) is 21.7. The van der Waals surface area contributed by atoms with Crippen molar-refractivity contribution in [2.24, 2.45) is 0 Å². The maximum absolute atomic E-state index is 13.8. The summed E-state index contributed by atoms with van der Waals surface area (Å²) in [6.45, 7) is 0. The lowest BCUT2D eigenvalue weighted by Gasteiger charge is -2.07. The first-order chi connectivity index (χ1) is 15.4. The van der Waals surface area contributed by atoms with Crippen molar-refractivity contribution in [1.29, 1.82) is 0 Å². The van der Waals surface area contributed by atoms with Gasteiger partial charge in [0.25, 0.3) is 10.0 Å². The van der Waals surface area contributed by atoms with Crippen LogP contribution >= 0.6 is 11.3 Å². The van der Waals surface area contributed by atoms with Crippen LogP contribution in [0.1, 0.15) is 12.3 Å². The Morgan fingerprint density at radius 3 is 2.59 bits per heavy atom. The molecule has 4 aromatic rings. The second kappa shape index (κ2) is 9.28. The average Bonchev–Trinajstić information content (AvgIpc) is 3.45. The van der Waals surface area contributed by atoms with E-state index in [2.05, 4.69) is 20.0 Å². The van der Waals surface area contributed by atoms with Gasteiger partial charge in [0, 0.05) is 30.1 Å². The summed E-state index contributed by atoms with van der Waals surface area (Å²) in [6.07, 6.45) is 3.23. The molecule has 2 aromatic carbocycles. The normalized spacial score (nSPS) is 11.3. The first-order valence-electron chi connectivity index (χ1n) is 9.42. The fourth-order valence-corrected chi connectivity index (χ4v) is 4.61. The Kier molecular flexibility index (Phi) is 6.28. The summed E-state index contributed by atoms with van der Waals surface area (Å²) in [7, 11) is -3.76. The lowest BCUT2D eigenvalue weighted by Crippen LogP contribution is -2.14. The van der Waals surface area contributed by atoms with E-state index in [1.165, 1.54) is 54.1 Å². The molecule has 0 fully saturated rings. The van der Waals surface area contributed by atoms with E-state index in [0.29, 0.717) is 22.9 Å². The van der Waals surface area contributed by atoms with Crippen molar-refractivity contribution in [2.75, 3.05) is 10.0 Å². The zero-order valence-corrected chi connectivity index (χ0v) is 18.1. The lowest BCUT2D eigenvalue weighted by molar-refractivity contribution is -0.116. The molecule has 4 rings (SSSR count). The molecule has 11 heteroatoms. The minimum atomic E-state index is -3.76. The molecule has 0 aliphatic rings. The van der Waals surface area contributed by atoms with Crippen LogP contribution < -0.4 is 10.0 Å². The highest BCUT2D eigenvalue weighted by Gasteiger charge is 2.16. The van der Waals surface area contributed by atoms with Crippen LogP contribution in [-0.2, 0) is 21.2 Å². The number of hydrogen-bond acceptors (Lipinski definition) is 7. The molecule has 2 aromatic heterocycles. The fourth-order valence-electron chi connectivity index (χ4n) is 2.82. The third kappa shape index (κ3) is 5.18. The number of benzene rings is 2. The zero-order valence-electron chi connectivity index (χ0n) is 16.5. The number of carbonyl (C=O) groups is 1. The summed E-state index contributed by atoms with van der Waals surface area (Å²) in [4.78, 5) is 20.3. The van der Waals surface area contributed by atoms with Gasteiger partial charge in [0.2, 0.25) is 5.91 Å². The molecule has 2 N–H and O–H groups in total. The number of rotatable bonds is 8. The summed E-state index contributed by atoms with van der Waals surface area (Å²) < 4.78 is 46.5. The van der Waals surface area contributed by atoms with Crippen LogP contribution in [0.4, 0.5) is 15.2 Å². The SMILES string of the molecule is O=C(CCc1ncc(-c2ccccc2F)o1)Nc1ccc(S(=O)(=O)Nc2nccs2)cc1. The summed E-state index contributed by atoms with van der Waals surface area (Å²) in [5.74, 6) is -0.109. The Morgan fingerprint density at radius 1 is 1.09 bits per heavy atom. The lowest BCUT2D eigenvalue weighted by atomic mass is 10.2. The molecule has 164 valence electrons. The molecule has 8 nitrogen and oxygen atoms in total. The van der Waals surface area contributed by atoms with Crippen LogP contribution in [-0.4, -0.2) is 24.3 Å². The topological polar surface area (TPSA) is 114 Å². The van der Waals surface area contributed by atoms with E-state index in [9.17, 15) is 17.6 Å². The molecule has 0 atom stereocenters. The average molecular weight is 473 g/mol. The highest BCUT2D eigenvalue weighted by Crippen LogP contribution is 2.24. The van der Waals surface area contributed by atoms with Gasteiger partial charge in [-0.05, 0) is 36.4 Å². The number of carbonyl (C=O) groups excluding carboxylic acids is 1. The minimum absolute atomic E-state index is 0.0474. The van der Waals surface area contributed by atoms with Crippen LogP contribution in [0.15, 0.2) is 75.6 Å². The van der Waals surface area contributed by atoms with Gasteiger partial charge in [-0.1, -0.05) is 12.1 Å². The number of nitrogens with one attached hydrogen (secondary N) is 2. The van der Waals surface area contributed by atoms with Crippen molar-refractivity contribution < 1.29 is 22.0 Å². The van der Waals surface area contributed by atoms with Crippen molar-refractivity contribution in [3.05, 3.63) is 78.0 Å². The predicted octanol–water partition coefficient (Wildman–Crippen LogP) is 4.31. The Labute approximate surface area is 187 Å². The van der Waals surface area contributed by atoms with Gasteiger partial charge in [-0.3, -0.25) is 9.52 Å². The Bertz CT molecular complexity index is 1320. The number of nitrogens with zero attached hydrogens (tertiary/aromatic N) is 2. The summed E-state index contributed by atoms with van der Waals surface area (Å²) in [5, 5.41) is 4.62. The van der Waals surface area contributed by atoms with E-state index >= 15 is 0 Å². The van der Waals surface area contributed by atoms with Gasteiger partial charge in [0.1, 0.15) is 5.82 Å². The van der Waals surface area contributed by atoms with Crippen LogP contribution in [0.5, 0.6) is 0 Å². The van der Waals surface area contributed by atoms with Gasteiger partial charge in [0.05, 0.1) is 16.7 Å². The smallest absolute Gasteiger partial charge is 0.263 e. The maximum atomic E-state index is 13.8. The molecular weight excluding hydrogens is 455 g/mol. The van der Waals surface area contributed by atoms with Crippen LogP contribution in [0, 0.1) is 5.82 Å². The molecule has 0 saturated carbocycles. The van der Waals surface area contributed by atoms with E-state index in [4.69, 9.17) is 4.42 Å². The summed E-state index contributed by atoms with van der Waals surface area (Å²) >= 11 is 1.17. The number of halogens is 1. The van der Waals surface area contributed by atoms with E-state index in [-0.39, 0.29) is 28.8 Å². The zero-order chi connectivity index (χ0) is 22.6. The van der Waals surface area contributed by atoms with E-state index in [1.54, 1.807) is 23.6 Å². The number of aromatic nitrogens is 2. The monoisotopic (exact) mass is 472 g/mol. The number of hydrogen-bond donors (Lipinski definition) is 2. The molecule has 32 heavy (non-hydrogen) atoms. The number of oxazole rings is 1. The van der Waals surface area contributed by atoms with Crippen molar-refractivity contribution in [1.82, 2.24) is 9.97 Å². The number of aryl methyl sites for hydroxylation is 1. The maximum Gasteiger partial charge on any atom is 0.263 e. The third-order valence-corrected chi connectivity index (χ3v) is 6.53. The Hall–Kier alpha value is -3.57. The van der Waals surface area contributed by atoms with Gasteiger partial charge in [0.15, 0.2) is 16.8 Å². The predicted molar refractivity (Wildman–Crippen MR) is 118 cm³/mol. The van der Waals surface area contributed by atoms with Crippen LogP contribution in [0.3, 0.4) is 0 Å². The molecular formula is C21H17FN4O4S2. The molecule has 0 spiro atoms. The van der Waals surface area contributed by atoms with E-state index in [1.807, 2.05) is 0 Å². The molecule has 0 unspecified atom stereocenters. The van der Waals surface area contributed by atoms with Gasteiger partial charge in [-0.2, -0.15) is 0 Å². The molecule has 1 amide bonds. The third-order valence-electron chi connectivity index (χ3n) is 4.36. The molecule has 0 saturated heterocycles. The number of anilines is 2. The highest BCUT2D eigenvalue weighted by atomic mass is 32.2. The van der Waals surface area contributed by atoms with Crippen LogP contribution in [0.25, 0.3) is 11.3 Å². The second-order valence-corrected chi connectivity index (χ2v) is 9.19. The second-order valence-electron chi connectivity index (χ2n) is 6.61. The van der Waals surface area contributed by atoms with E-state index < -0.39 is 15.8 Å². The van der Waals surface area contributed by atoms with Gasteiger partial charge in [-0.25, -0.2) is 22.8 Å². The quantitative estimate of drug-likeness (QED) is 0.395. The highest BCUT2D eigenvalue weighted by molar-refractivity contribution is 7.93. The largest absolute Gasteiger partial charge is 0.441 e. The number of sulfonamides is 1. The van der Waals surface area contributed by atoms with Crippen molar-refractivity contribution >= 4 is 38.1 Å². The summed E-state index contributed by atoms with van der Waals surface area (Å²) in [5.41, 5.74) is 0.748. The van der Waals surface area contributed by atoms with Crippen molar-refractivity contribution in [2.45, 2.75) is 17.7 Å². The van der Waals surface area contributed by atoms with Crippen molar-refractivity contribution in [3.63, 3.8) is 0 Å². The molecule has 2 heterocycles. The molecule has 0 aliphatic carbocycles. The fraction of sp³-hybridized carbons (Fsp3) is 0.0952. The first-order valence-corrected chi connectivity index (χ1v) is 11.8. The van der Waals surface area contributed by atoms with Gasteiger partial charge >= 0.3 is 0 Å². The Balaban J connectivity index is 1.32. The van der Waals surface area contributed by atoms with Gasteiger partial charge < -0.3 is 9.73 Å². The molecule has 0 aliphatic heterocycles. The van der Waals surface area contributed by atoms with Crippen LogP contribution in [0.2, 0.25) is 0 Å². The minimum Gasteiger partial charge on any atom is -0.441 e. The number of thiazole rings is 1. The van der Waals surface area contributed by atoms with Crippen molar-refractivity contribution in [3.8, 4) is 11.3 Å². The van der Waals surface area contributed by atoms with E-state index in [0.717, 1.165) is 0 Å². The summed E-state index contributed by atoms with van der Waals surface area (Å²) in [6, 6.07) is 12.0. The standard InChI is InChI=1S/C21H17FN4O4S2/c22-17-4-2-1-3-16(17)18-13-24-20(30-18)10-9-19(27)25-14-5-7-15(8-6-14)32(28,29)26-21-23-11-12-31-21/h1-8,11-13H,9-10H2,(H,23,26)(H,25,27). The van der Waals surface area contributed by atoms with Gasteiger partial charge in [-0.15, -0.1) is 11.3 Å².